The molecule has 0 aliphatic heterocycles. The number of pyridine rings is 1. The number of hydrogen-bond acceptors (Lipinski definition) is 5. The molecule has 0 fully saturated rings. The quantitative estimate of drug-likeness (QED) is 0.486. The van der Waals surface area contributed by atoms with E-state index in [0.29, 0.717) is 0 Å². The smallest absolute Gasteiger partial charge is 0.316 e. The molecule has 25 heavy (non-hydrogen) atoms. The summed E-state index contributed by atoms with van der Waals surface area (Å²) in [5, 5.41) is 1.83. The highest BCUT2D eigenvalue weighted by Crippen LogP contribution is 2.29. The minimum absolute atomic E-state index is 0.222. The molecule has 0 atom stereocenters. The van der Waals surface area contributed by atoms with Gasteiger partial charge in [-0.2, -0.15) is 0 Å². The molecule has 0 aliphatic carbocycles. The first-order chi connectivity index (χ1) is 12.2. The highest BCUT2D eigenvalue weighted by molar-refractivity contribution is 7.99. The summed E-state index contributed by atoms with van der Waals surface area (Å²) in [5.41, 5.74) is 2.89. The number of thioether (sulfide) groups is 1. The van der Waals surface area contributed by atoms with Crippen molar-refractivity contribution in [3.63, 3.8) is 0 Å². The van der Waals surface area contributed by atoms with Crippen molar-refractivity contribution in [2.24, 2.45) is 0 Å². The second-order valence-electron chi connectivity index (χ2n) is 5.57. The van der Waals surface area contributed by atoms with Gasteiger partial charge in [-0.1, -0.05) is 54.2 Å². The minimum atomic E-state index is -0.256. The number of carbonyl (C=O) groups is 1. The van der Waals surface area contributed by atoms with Gasteiger partial charge in [0.25, 0.3) is 0 Å². The Balaban J connectivity index is 1.65. The van der Waals surface area contributed by atoms with E-state index in [1.54, 1.807) is 7.11 Å². The molecule has 0 aliphatic rings. The summed E-state index contributed by atoms with van der Waals surface area (Å²) in [6.07, 6.45) is 0. The van der Waals surface area contributed by atoms with Crippen molar-refractivity contribution in [1.29, 1.82) is 0 Å². The van der Waals surface area contributed by atoms with Crippen LogP contribution in [0, 0.1) is 6.92 Å². The van der Waals surface area contributed by atoms with E-state index in [-0.39, 0.29) is 18.3 Å². The number of benzene rings is 2. The molecule has 1 aromatic heterocycles. The molecule has 0 unspecified atom stereocenters. The SMILES string of the molecule is COc1cccc2c(C)cc(SCC(=O)OCc3ccccc3)nc12. The fourth-order valence-corrected chi connectivity index (χ4v) is 3.28. The van der Waals surface area contributed by atoms with Gasteiger partial charge in [0.15, 0.2) is 0 Å². The summed E-state index contributed by atoms with van der Waals surface area (Å²) < 4.78 is 10.7. The largest absolute Gasteiger partial charge is 0.494 e. The number of methoxy groups -OCH3 is 1. The number of esters is 1. The highest BCUT2D eigenvalue weighted by Gasteiger charge is 2.10. The molecular formula is C20H19NO3S. The van der Waals surface area contributed by atoms with Crippen LogP contribution in [0.3, 0.4) is 0 Å². The fraction of sp³-hybridized carbons (Fsp3) is 0.200. The van der Waals surface area contributed by atoms with Crippen molar-refractivity contribution >= 4 is 28.6 Å². The molecule has 2 aromatic carbocycles. The van der Waals surface area contributed by atoms with E-state index in [1.165, 1.54) is 11.8 Å². The van der Waals surface area contributed by atoms with Crippen molar-refractivity contribution in [2.45, 2.75) is 18.6 Å². The van der Waals surface area contributed by atoms with Gasteiger partial charge in [0.2, 0.25) is 0 Å². The maximum absolute atomic E-state index is 12.0. The van der Waals surface area contributed by atoms with Crippen LogP contribution in [0.4, 0.5) is 0 Å². The Bertz CT molecular complexity index is 881. The van der Waals surface area contributed by atoms with Crippen LogP contribution < -0.4 is 4.74 Å². The Kier molecular flexibility index (Phi) is 5.56. The summed E-state index contributed by atoms with van der Waals surface area (Å²) in [4.78, 5) is 16.6. The lowest BCUT2D eigenvalue weighted by molar-refractivity contribution is -0.141. The number of aromatic nitrogens is 1. The Morgan fingerprint density at radius 1 is 1.12 bits per heavy atom. The predicted molar refractivity (Wildman–Crippen MR) is 100.0 cm³/mol. The lowest BCUT2D eigenvalue weighted by Crippen LogP contribution is -2.07. The Morgan fingerprint density at radius 2 is 1.92 bits per heavy atom. The number of carbonyl (C=O) groups excluding carboxylic acids is 1. The van der Waals surface area contributed by atoms with Crippen molar-refractivity contribution < 1.29 is 14.3 Å². The van der Waals surface area contributed by atoms with E-state index in [4.69, 9.17) is 9.47 Å². The van der Waals surface area contributed by atoms with Crippen LogP contribution in [-0.2, 0) is 16.1 Å². The number of para-hydroxylation sites is 1. The first-order valence-corrected chi connectivity index (χ1v) is 8.92. The number of aryl methyl sites for hydroxylation is 1. The normalized spacial score (nSPS) is 10.6. The Morgan fingerprint density at radius 3 is 2.68 bits per heavy atom. The average Bonchev–Trinajstić information content (AvgIpc) is 2.65. The van der Waals surface area contributed by atoms with Gasteiger partial charge in [-0.05, 0) is 30.2 Å². The molecule has 128 valence electrons. The van der Waals surface area contributed by atoms with Gasteiger partial charge < -0.3 is 9.47 Å². The molecular weight excluding hydrogens is 334 g/mol. The van der Waals surface area contributed by atoms with E-state index in [2.05, 4.69) is 4.98 Å². The molecule has 0 saturated heterocycles. The second-order valence-corrected chi connectivity index (χ2v) is 6.56. The highest BCUT2D eigenvalue weighted by atomic mass is 32.2. The first kappa shape index (κ1) is 17.3. The van der Waals surface area contributed by atoms with Crippen LogP contribution in [0.25, 0.3) is 10.9 Å². The van der Waals surface area contributed by atoms with Gasteiger partial charge in [-0.15, -0.1) is 0 Å². The minimum Gasteiger partial charge on any atom is -0.494 e. The molecule has 0 spiro atoms. The third kappa shape index (κ3) is 4.31. The summed E-state index contributed by atoms with van der Waals surface area (Å²) >= 11 is 1.37. The molecule has 0 N–H and O–H groups in total. The second kappa shape index (κ2) is 8.03. The summed E-state index contributed by atoms with van der Waals surface area (Å²) in [5.74, 6) is 0.697. The standard InChI is InChI=1S/C20H19NO3S/c1-14-11-18(21-20-16(14)9-6-10-17(20)23-2)25-13-19(22)24-12-15-7-4-3-5-8-15/h3-11H,12-13H2,1-2H3. The predicted octanol–water partition coefficient (Wildman–Crippen LogP) is 4.39. The van der Waals surface area contributed by atoms with Crippen LogP contribution in [0.15, 0.2) is 59.6 Å². The average molecular weight is 353 g/mol. The van der Waals surface area contributed by atoms with Crippen LogP contribution >= 0.6 is 11.8 Å². The monoisotopic (exact) mass is 353 g/mol. The van der Waals surface area contributed by atoms with Crippen LogP contribution in [-0.4, -0.2) is 23.8 Å². The molecule has 4 nitrogen and oxygen atoms in total. The van der Waals surface area contributed by atoms with Gasteiger partial charge in [-0.25, -0.2) is 4.98 Å². The van der Waals surface area contributed by atoms with E-state index in [1.807, 2.05) is 61.5 Å². The zero-order valence-corrected chi connectivity index (χ0v) is 15.0. The molecule has 0 bridgehead atoms. The molecule has 5 heteroatoms. The van der Waals surface area contributed by atoms with Gasteiger partial charge in [-0.3, -0.25) is 4.79 Å². The molecule has 0 radical (unpaired) electrons. The number of rotatable bonds is 6. The molecule has 1 heterocycles. The lowest BCUT2D eigenvalue weighted by Gasteiger charge is -2.09. The third-order valence-corrected chi connectivity index (χ3v) is 4.67. The van der Waals surface area contributed by atoms with E-state index in [0.717, 1.165) is 32.8 Å². The van der Waals surface area contributed by atoms with E-state index < -0.39 is 0 Å². The first-order valence-electron chi connectivity index (χ1n) is 7.94. The van der Waals surface area contributed by atoms with Crippen molar-refractivity contribution in [1.82, 2.24) is 4.98 Å². The number of nitrogens with zero attached hydrogens (tertiary/aromatic N) is 1. The number of ether oxygens (including phenoxy) is 2. The third-order valence-electron chi connectivity index (χ3n) is 3.79. The summed E-state index contributed by atoms with van der Waals surface area (Å²) in [7, 11) is 1.63. The molecule has 3 rings (SSSR count). The fourth-order valence-electron chi connectivity index (χ4n) is 2.51. The zero-order chi connectivity index (χ0) is 17.6. The molecule has 0 amide bonds. The van der Waals surface area contributed by atoms with Crippen LogP contribution in [0.2, 0.25) is 0 Å². The maximum atomic E-state index is 12.0. The van der Waals surface area contributed by atoms with E-state index in [9.17, 15) is 4.79 Å². The summed E-state index contributed by atoms with van der Waals surface area (Å²) in [6.45, 7) is 2.32. The van der Waals surface area contributed by atoms with Crippen molar-refractivity contribution in [2.75, 3.05) is 12.9 Å². The van der Waals surface area contributed by atoms with Gasteiger partial charge in [0.1, 0.15) is 17.9 Å². The number of hydrogen-bond donors (Lipinski definition) is 0. The van der Waals surface area contributed by atoms with Crippen molar-refractivity contribution in [3.05, 3.63) is 65.7 Å². The van der Waals surface area contributed by atoms with Gasteiger partial charge in [0, 0.05) is 5.39 Å². The van der Waals surface area contributed by atoms with E-state index >= 15 is 0 Å². The Labute approximate surface area is 151 Å². The Hall–Kier alpha value is -2.53. The summed E-state index contributed by atoms with van der Waals surface area (Å²) in [6, 6.07) is 17.5. The maximum Gasteiger partial charge on any atom is 0.316 e. The van der Waals surface area contributed by atoms with Gasteiger partial charge in [0.05, 0.1) is 17.9 Å². The zero-order valence-electron chi connectivity index (χ0n) is 14.2. The topological polar surface area (TPSA) is 48.4 Å². The molecule has 3 aromatic rings. The van der Waals surface area contributed by atoms with Crippen LogP contribution in [0.5, 0.6) is 5.75 Å². The number of fused-ring (bicyclic) bond motifs is 1. The van der Waals surface area contributed by atoms with Crippen molar-refractivity contribution in [3.8, 4) is 5.75 Å². The van der Waals surface area contributed by atoms with Crippen LogP contribution in [0.1, 0.15) is 11.1 Å². The molecule has 0 saturated carbocycles. The van der Waals surface area contributed by atoms with Gasteiger partial charge >= 0.3 is 5.97 Å². The lowest BCUT2D eigenvalue weighted by atomic mass is 10.1.